The predicted octanol–water partition coefficient (Wildman–Crippen LogP) is 3.16. The number of benzene rings is 1. The van der Waals surface area contributed by atoms with Crippen LogP contribution >= 0.6 is 0 Å². The highest BCUT2D eigenvalue weighted by Crippen LogP contribution is 2.25. The summed E-state index contributed by atoms with van der Waals surface area (Å²) >= 11 is 0. The number of hydrogen-bond acceptors (Lipinski definition) is 5. The number of rotatable bonds is 4. The van der Waals surface area contributed by atoms with Crippen LogP contribution in [-0.2, 0) is 23.2 Å². The van der Waals surface area contributed by atoms with Crippen LogP contribution in [-0.4, -0.2) is 21.7 Å². The topological polar surface area (TPSA) is 70.4 Å². The minimum atomic E-state index is -2.95. The third-order valence-corrected chi connectivity index (χ3v) is 3.50. The Bertz CT molecular complexity index is 771. The zero-order valence-electron chi connectivity index (χ0n) is 13.4. The van der Waals surface area contributed by atoms with Gasteiger partial charge in [-0.3, -0.25) is 4.68 Å². The molecule has 0 radical (unpaired) electrons. The number of alkyl halides is 2. The van der Waals surface area contributed by atoms with Gasteiger partial charge in [-0.15, -0.1) is 0 Å². The fourth-order valence-electron chi connectivity index (χ4n) is 2.33. The summed E-state index contributed by atoms with van der Waals surface area (Å²) in [5.74, 6) is -2.07. The largest absolute Gasteiger partial charge is 0.390 e. The Morgan fingerprint density at radius 2 is 1.83 bits per heavy atom. The summed E-state index contributed by atoms with van der Waals surface area (Å²) in [5, 5.41) is 3.63. The van der Waals surface area contributed by atoms with Crippen LogP contribution in [0.15, 0.2) is 24.3 Å². The second kappa shape index (κ2) is 7.20. The molecule has 0 spiro atoms. The number of carbonyl (C=O) groups excluding carboxylic acids is 2. The molecule has 0 fully saturated rings. The molecule has 0 saturated carbocycles. The van der Waals surface area contributed by atoms with E-state index in [-0.39, 0.29) is 23.2 Å². The molecular weight excluding hydrogens is 322 g/mol. The molecule has 8 heteroatoms. The average Bonchev–Trinajstić information content (AvgIpc) is 2.89. The van der Waals surface area contributed by atoms with Crippen LogP contribution < -0.4 is 0 Å². The molecule has 6 nitrogen and oxygen atoms in total. The van der Waals surface area contributed by atoms with E-state index in [4.69, 9.17) is 0 Å². The van der Waals surface area contributed by atoms with Gasteiger partial charge in [0.1, 0.15) is 11.3 Å². The Balaban J connectivity index is 2.19. The summed E-state index contributed by atoms with van der Waals surface area (Å²) in [7, 11) is 1.45. The second-order valence-electron chi connectivity index (χ2n) is 5.04. The minimum absolute atomic E-state index is 0.210. The van der Waals surface area contributed by atoms with Crippen molar-refractivity contribution in [2.24, 2.45) is 7.05 Å². The second-order valence-corrected chi connectivity index (χ2v) is 5.04. The van der Waals surface area contributed by atoms with Crippen molar-refractivity contribution in [3.63, 3.8) is 0 Å². The van der Waals surface area contributed by atoms with E-state index in [2.05, 4.69) is 14.9 Å². The molecule has 0 saturated heterocycles. The quantitative estimate of drug-likeness (QED) is 0.633. The lowest BCUT2D eigenvalue weighted by Crippen LogP contribution is -2.15. The monoisotopic (exact) mass is 338 g/mol. The summed E-state index contributed by atoms with van der Waals surface area (Å²) in [6, 6.07) is 6.54. The molecule has 1 aromatic heterocycles. The van der Waals surface area contributed by atoms with Crippen molar-refractivity contribution >= 4 is 11.9 Å². The average molecular weight is 338 g/mol. The first-order valence-corrected chi connectivity index (χ1v) is 7.19. The molecule has 0 aliphatic carbocycles. The van der Waals surface area contributed by atoms with Crippen LogP contribution in [0.25, 0.3) is 0 Å². The normalized spacial score (nSPS) is 10.8. The number of aromatic nitrogens is 2. The Kier molecular flexibility index (Phi) is 5.28. The first kappa shape index (κ1) is 17.6. The molecule has 128 valence electrons. The number of nitrogens with zero attached hydrogens (tertiary/aromatic N) is 2. The van der Waals surface area contributed by atoms with Gasteiger partial charge in [-0.1, -0.05) is 25.1 Å². The molecule has 0 aliphatic heterocycles. The van der Waals surface area contributed by atoms with Crippen molar-refractivity contribution in [1.29, 1.82) is 0 Å². The first-order valence-electron chi connectivity index (χ1n) is 7.19. The number of aryl methyl sites for hydroxylation is 2. The van der Waals surface area contributed by atoms with Gasteiger partial charge in [0.15, 0.2) is 0 Å². The zero-order chi connectivity index (χ0) is 17.9. The molecule has 0 N–H and O–H groups in total. The minimum Gasteiger partial charge on any atom is -0.271 e. The van der Waals surface area contributed by atoms with E-state index >= 15 is 0 Å². The summed E-state index contributed by atoms with van der Waals surface area (Å²) in [5.41, 5.74) is 0.0184. The van der Waals surface area contributed by atoms with E-state index in [1.54, 1.807) is 32.0 Å². The number of carbonyl (C=O) groups is 2. The molecule has 1 heterocycles. The Labute approximate surface area is 136 Å². The van der Waals surface area contributed by atoms with Crippen molar-refractivity contribution in [3.05, 3.63) is 52.3 Å². The van der Waals surface area contributed by atoms with Crippen molar-refractivity contribution in [2.45, 2.75) is 26.7 Å². The maximum Gasteiger partial charge on any atom is 0.390 e. The standard InChI is InChI=1S/C16H16F2N2O4/c1-4-11-12(13(14(17)18)19-20(11)3)16(22)24-23-15(21)10-8-6-5-7-9(10)2/h5-8,14H,4H2,1-3H3. The van der Waals surface area contributed by atoms with E-state index in [1.165, 1.54) is 17.8 Å². The van der Waals surface area contributed by atoms with Gasteiger partial charge >= 0.3 is 11.9 Å². The van der Waals surface area contributed by atoms with E-state index < -0.39 is 24.1 Å². The third kappa shape index (κ3) is 3.42. The maximum absolute atomic E-state index is 13.0. The van der Waals surface area contributed by atoms with Gasteiger partial charge in [-0.2, -0.15) is 5.10 Å². The van der Waals surface area contributed by atoms with E-state index in [9.17, 15) is 18.4 Å². The van der Waals surface area contributed by atoms with Crippen LogP contribution in [0.1, 0.15) is 51.0 Å². The molecule has 0 atom stereocenters. The Hall–Kier alpha value is -2.77. The molecule has 1 aromatic carbocycles. The lowest BCUT2D eigenvalue weighted by Gasteiger charge is -2.06. The number of hydrogen-bond donors (Lipinski definition) is 0. The van der Waals surface area contributed by atoms with E-state index in [0.717, 1.165) is 0 Å². The Morgan fingerprint density at radius 1 is 1.21 bits per heavy atom. The van der Waals surface area contributed by atoms with Crippen LogP contribution in [0, 0.1) is 6.92 Å². The highest BCUT2D eigenvalue weighted by molar-refractivity contribution is 5.94. The molecule has 0 unspecified atom stereocenters. The van der Waals surface area contributed by atoms with Crippen molar-refractivity contribution in [2.75, 3.05) is 0 Å². The molecule has 2 aromatic rings. The fourth-order valence-corrected chi connectivity index (χ4v) is 2.33. The van der Waals surface area contributed by atoms with Gasteiger partial charge in [-0.25, -0.2) is 28.1 Å². The maximum atomic E-state index is 13.0. The zero-order valence-corrected chi connectivity index (χ0v) is 13.4. The molecule has 0 amide bonds. The highest BCUT2D eigenvalue weighted by atomic mass is 19.3. The van der Waals surface area contributed by atoms with Crippen LogP contribution in [0.4, 0.5) is 8.78 Å². The highest BCUT2D eigenvalue weighted by Gasteiger charge is 2.29. The molecule has 0 bridgehead atoms. The van der Waals surface area contributed by atoms with Gasteiger partial charge in [0.05, 0.1) is 11.3 Å². The van der Waals surface area contributed by atoms with Crippen molar-refractivity contribution in [3.8, 4) is 0 Å². The molecular formula is C16H16F2N2O4. The molecule has 2 rings (SSSR count). The van der Waals surface area contributed by atoms with Crippen molar-refractivity contribution < 1.29 is 28.1 Å². The van der Waals surface area contributed by atoms with Gasteiger partial charge in [0, 0.05) is 7.05 Å². The van der Waals surface area contributed by atoms with Crippen LogP contribution in [0.2, 0.25) is 0 Å². The molecule has 24 heavy (non-hydrogen) atoms. The lowest BCUT2D eigenvalue weighted by molar-refractivity contribution is -0.187. The van der Waals surface area contributed by atoms with Crippen LogP contribution in [0.5, 0.6) is 0 Å². The van der Waals surface area contributed by atoms with E-state index in [0.29, 0.717) is 5.56 Å². The van der Waals surface area contributed by atoms with Gasteiger partial charge in [0.25, 0.3) is 6.43 Å². The first-order chi connectivity index (χ1) is 11.4. The predicted molar refractivity (Wildman–Crippen MR) is 79.6 cm³/mol. The summed E-state index contributed by atoms with van der Waals surface area (Å²) < 4.78 is 27.3. The smallest absolute Gasteiger partial charge is 0.271 e. The summed E-state index contributed by atoms with van der Waals surface area (Å²) in [6.07, 6.45) is -2.67. The van der Waals surface area contributed by atoms with E-state index in [1.807, 2.05) is 0 Å². The lowest BCUT2D eigenvalue weighted by atomic mass is 10.1. The Morgan fingerprint density at radius 3 is 2.42 bits per heavy atom. The SMILES string of the molecule is CCc1c(C(=O)OOC(=O)c2ccccc2C)c(C(F)F)nn1C. The summed E-state index contributed by atoms with van der Waals surface area (Å²) in [6.45, 7) is 3.37. The van der Waals surface area contributed by atoms with Crippen LogP contribution in [0.3, 0.4) is 0 Å². The van der Waals surface area contributed by atoms with Crippen molar-refractivity contribution in [1.82, 2.24) is 9.78 Å². The van der Waals surface area contributed by atoms with Gasteiger partial charge < -0.3 is 0 Å². The van der Waals surface area contributed by atoms with Gasteiger partial charge in [-0.05, 0) is 25.0 Å². The van der Waals surface area contributed by atoms with Gasteiger partial charge in [0.2, 0.25) is 0 Å². The third-order valence-electron chi connectivity index (χ3n) is 3.50. The molecule has 0 aliphatic rings. The number of halogens is 2. The fraction of sp³-hybridized carbons (Fsp3) is 0.312. The summed E-state index contributed by atoms with van der Waals surface area (Å²) in [4.78, 5) is 33.0.